The Morgan fingerprint density at radius 3 is 2.35 bits per heavy atom. The Balaban J connectivity index is 2.23. The fourth-order valence-corrected chi connectivity index (χ4v) is 2.67. The number of hydrogen-bond acceptors (Lipinski definition) is 5. The van der Waals surface area contributed by atoms with Crippen LogP contribution in [0.5, 0.6) is 0 Å². The molecule has 9 heteroatoms. The van der Waals surface area contributed by atoms with E-state index >= 15 is 0 Å². The van der Waals surface area contributed by atoms with Gasteiger partial charge in [-0.1, -0.05) is 39.1 Å². The Hall–Kier alpha value is -1.41. The number of carbonyl (C=O) groups excluding carboxylic acids is 1. The number of amides is 1. The summed E-state index contributed by atoms with van der Waals surface area (Å²) in [5.74, 6) is 5.03. The molecule has 2 aromatic rings. The summed E-state index contributed by atoms with van der Waals surface area (Å²) in [5.41, 5.74) is 2.73. The molecular weight excluding hydrogens is 369 g/mol. The summed E-state index contributed by atoms with van der Waals surface area (Å²) in [6.45, 7) is 0. The van der Waals surface area contributed by atoms with Gasteiger partial charge in [-0.15, -0.1) is 10.2 Å². The first-order valence-corrected chi connectivity index (χ1v) is 6.82. The topological polar surface area (TPSA) is 92.9 Å². The van der Waals surface area contributed by atoms with Crippen LogP contribution < -0.4 is 16.6 Å². The van der Waals surface area contributed by atoms with E-state index in [1.165, 1.54) is 12.1 Å². The van der Waals surface area contributed by atoms with E-state index in [4.69, 9.17) is 29.0 Å². The molecule has 0 aliphatic carbocycles. The van der Waals surface area contributed by atoms with Crippen LogP contribution in [0.1, 0.15) is 10.5 Å². The molecule has 0 bridgehead atoms. The predicted octanol–water partition coefficient (Wildman–Crippen LogP) is 3.08. The van der Waals surface area contributed by atoms with E-state index in [0.29, 0.717) is 26.0 Å². The van der Waals surface area contributed by atoms with Crippen molar-refractivity contribution >= 4 is 56.5 Å². The summed E-state index contributed by atoms with van der Waals surface area (Å²) < 4.78 is 0.712. The largest absolute Gasteiger partial charge is 0.318 e. The Labute approximate surface area is 132 Å². The molecule has 0 aliphatic heterocycles. The molecule has 1 aromatic heterocycles. The highest BCUT2D eigenvalue weighted by atomic mass is 79.9. The molecule has 4 N–H and O–H groups in total. The van der Waals surface area contributed by atoms with Gasteiger partial charge in [0.1, 0.15) is 0 Å². The molecule has 0 aliphatic rings. The number of hydrogen-bond donors (Lipinski definition) is 3. The number of anilines is 2. The molecule has 2 rings (SSSR count). The summed E-state index contributed by atoms with van der Waals surface area (Å²) in [6.07, 6.45) is 0. The van der Waals surface area contributed by atoms with Gasteiger partial charge in [-0.25, -0.2) is 5.84 Å². The third-order valence-corrected chi connectivity index (χ3v) is 3.34. The van der Waals surface area contributed by atoms with Crippen LogP contribution in [-0.2, 0) is 0 Å². The highest BCUT2D eigenvalue weighted by Crippen LogP contribution is 2.33. The zero-order valence-corrected chi connectivity index (χ0v) is 12.9. The van der Waals surface area contributed by atoms with Crippen molar-refractivity contribution in [3.05, 3.63) is 44.5 Å². The highest BCUT2D eigenvalue weighted by Gasteiger charge is 2.14. The number of aromatic nitrogens is 2. The first kappa shape index (κ1) is 15.0. The van der Waals surface area contributed by atoms with Crippen molar-refractivity contribution in [1.82, 2.24) is 10.2 Å². The molecule has 6 nitrogen and oxygen atoms in total. The number of halogens is 3. The minimum Gasteiger partial charge on any atom is -0.318 e. The maximum atomic E-state index is 12.0. The summed E-state index contributed by atoms with van der Waals surface area (Å²) in [5, 5.41) is 10.6. The van der Waals surface area contributed by atoms with E-state index in [1.807, 2.05) is 0 Å². The van der Waals surface area contributed by atoms with Crippen LogP contribution in [0.4, 0.5) is 11.5 Å². The molecule has 104 valence electrons. The summed E-state index contributed by atoms with van der Waals surface area (Å²) in [7, 11) is 0. The van der Waals surface area contributed by atoms with Crippen molar-refractivity contribution in [2.45, 2.75) is 0 Å². The lowest BCUT2D eigenvalue weighted by atomic mass is 10.3. The monoisotopic (exact) mass is 375 g/mol. The average Bonchev–Trinajstić information content (AvgIpc) is 2.42. The molecule has 0 spiro atoms. The Morgan fingerprint density at radius 1 is 1.20 bits per heavy atom. The van der Waals surface area contributed by atoms with E-state index in [1.54, 1.807) is 12.1 Å². The van der Waals surface area contributed by atoms with Crippen molar-refractivity contribution in [2.75, 3.05) is 10.7 Å². The van der Waals surface area contributed by atoms with Crippen molar-refractivity contribution in [3.63, 3.8) is 0 Å². The van der Waals surface area contributed by atoms with Gasteiger partial charge in [0.25, 0.3) is 5.91 Å². The number of nitrogens with one attached hydrogen (secondary N) is 2. The lowest BCUT2D eigenvalue weighted by molar-refractivity contribution is 0.102. The van der Waals surface area contributed by atoms with Crippen LogP contribution in [0, 0.1) is 0 Å². The number of benzene rings is 1. The minimum absolute atomic E-state index is 0.110. The number of nitrogen functional groups attached to an aromatic ring is 1. The second-order valence-electron chi connectivity index (χ2n) is 3.65. The van der Waals surface area contributed by atoms with Gasteiger partial charge in [-0.2, -0.15) is 0 Å². The normalized spacial score (nSPS) is 10.2. The van der Waals surface area contributed by atoms with Gasteiger partial charge >= 0.3 is 0 Å². The molecule has 0 radical (unpaired) electrons. The van der Waals surface area contributed by atoms with Crippen molar-refractivity contribution in [1.29, 1.82) is 0 Å². The molecule has 0 saturated carbocycles. The number of nitrogens with zero attached hydrogens (tertiary/aromatic N) is 2. The van der Waals surface area contributed by atoms with Crippen LogP contribution in [0.15, 0.2) is 28.7 Å². The van der Waals surface area contributed by atoms with E-state index in [9.17, 15) is 4.79 Å². The Morgan fingerprint density at radius 2 is 1.85 bits per heavy atom. The lowest BCUT2D eigenvalue weighted by Gasteiger charge is -2.09. The molecule has 20 heavy (non-hydrogen) atoms. The predicted molar refractivity (Wildman–Crippen MR) is 82.0 cm³/mol. The van der Waals surface area contributed by atoms with Gasteiger partial charge in [-0.05, 0) is 24.3 Å². The molecule has 0 fully saturated rings. The summed E-state index contributed by atoms with van der Waals surface area (Å²) in [6, 6.07) is 6.23. The maximum Gasteiger partial charge on any atom is 0.276 e. The number of carbonyl (C=O) groups is 1. The van der Waals surface area contributed by atoms with Crippen molar-refractivity contribution in [3.8, 4) is 0 Å². The van der Waals surface area contributed by atoms with Crippen LogP contribution in [0.25, 0.3) is 0 Å². The molecule has 1 aromatic carbocycles. The van der Waals surface area contributed by atoms with E-state index in [2.05, 4.69) is 36.9 Å². The molecular formula is C11H8BrCl2N5O. The first-order valence-electron chi connectivity index (χ1n) is 5.27. The van der Waals surface area contributed by atoms with E-state index < -0.39 is 5.91 Å². The lowest BCUT2D eigenvalue weighted by Crippen LogP contribution is -2.16. The molecule has 0 atom stereocenters. The number of hydrazine groups is 1. The quantitative estimate of drug-likeness (QED) is 0.565. The third kappa shape index (κ3) is 3.37. The molecule has 1 heterocycles. The standard InChI is InChI=1S/C11H8BrCl2N5O/c12-5-3-6(13)10(7(14)4-5)16-11(20)8-1-2-9(17-15)19-18-8/h1-4H,15H2,(H,16,20)(H,17,19). The molecule has 0 saturated heterocycles. The zero-order valence-electron chi connectivity index (χ0n) is 9.82. The summed E-state index contributed by atoms with van der Waals surface area (Å²) >= 11 is 15.3. The van der Waals surface area contributed by atoms with Gasteiger partial charge in [0.2, 0.25) is 0 Å². The van der Waals surface area contributed by atoms with E-state index in [-0.39, 0.29) is 5.69 Å². The smallest absolute Gasteiger partial charge is 0.276 e. The molecule has 1 amide bonds. The Kier molecular flexibility index (Phi) is 4.77. The fourth-order valence-electron chi connectivity index (χ4n) is 1.37. The number of rotatable bonds is 3. The molecule has 0 unspecified atom stereocenters. The van der Waals surface area contributed by atoms with Gasteiger partial charge in [0, 0.05) is 4.47 Å². The van der Waals surface area contributed by atoms with Gasteiger partial charge in [0.05, 0.1) is 15.7 Å². The third-order valence-electron chi connectivity index (χ3n) is 2.29. The minimum atomic E-state index is -0.479. The van der Waals surface area contributed by atoms with Crippen molar-refractivity contribution < 1.29 is 4.79 Å². The second-order valence-corrected chi connectivity index (χ2v) is 5.38. The van der Waals surface area contributed by atoms with Crippen LogP contribution in [0.3, 0.4) is 0 Å². The van der Waals surface area contributed by atoms with Gasteiger partial charge in [-0.3, -0.25) is 4.79 Å². The maximum absolute atomic E-state index is 12.0. The second kappa shape index (κ2) is 6.36. The average molecular weight is 377 g/mol. The first-order chi connectivity index (χ1) is 9.51. The van der Waals surface area contributed by atoms with Crippen LogP contribution >= 0.6 is 39.1 Å². The fraction of sp³-hybridized carbons (Fsp3) is 0. The van der Waals surface area contributed by atoms with Crippen LogP contribution in [-0.4, -0.2) is 16.1 Å². The highest BCUT2D eigenvalue weighted by molar-refractivity contribution is 9.10. The number of nitrogens with two attached hydrogens (primary N) is 1. The zero-order chi connectivity index (χ0) is 14.7. The van der Waals surface area contributed by atoms with Gasteiger partial charge in [0.15, 0.2) is 11.5 Å². The van der Waals surface area contributed by atoms with E-state index in [0.717, 1.165) is 0 Å². The Bertz CT molecular complexity index is 627. The van der Waals surface area contributed by atoms with Gasteiger partial charge < -0.3 is 10.7 Å². The summed E-state index contributed by atoms with van der Waals surface area (Å²) in [4.78, 5) is 12.0. The SMILES string of the molecule is NNc1ccc(C(=O)Nc2c(Cl)cc(Br)cc2Cl)nn1. The van der Waals surface area contributed by atoms with Crippen LogP contribution in [0.2, 0.25) is 10.0 Å². The van der Waals surface area contributed by atoms with Crippen molar-refractivity contribution in [2.24, 2.45) is 5.84 Å².